The van der Waals surface area contributed by atoms with E-state index in [1.165, 1.54) is 5.56 Å². The Bertz CT molecular complexity index is 801. The van der Waals surface area contributed by atoms with Crippen molar-refractivity contribution in [1.29, 1.82) is 0 Å². The Kier molecular flexibility index (Phi) is 7.26. The summed E-state index contributed by atoms with van der Waals surface area (Å²) in [7, 11) is 0. The number of fused-ring (bicyclic) bond motifs is 1. The van der Waals surface area contributed by atoms with Crippen LogP contribution < -0.4 is 4.90 Å². The zero-order chi connectivity index (χ0) is 23.6. The highest BCUT2D eigenvalue weighted by Gasteiger charge is 2.38. The minimum absolute atomic E-state index is 0.0157. The van der Waals surface area contributed by atoms with Crippen molar-refractivity contribution < 1.29 is 19.1 Å². The maximum atomic E-state index is 12.5. The van der Waals surface area contributed by atoms with E-state index in [-0.39, 0.29) is 30.4 Å². The average Bonchev–Trinajstić information content (AvgIpc) is 2.76. The Morgan fingerprint density at radius 2 is 1.45 bits per heavy atom. The number of para-hydroxylation sites is 1. The Labute approximate surface area is 187 Å². The molecule has 1 heterocycles. The molecule has 0 atom stereocenters. The number of nitrogens with zero attached hydrogens (tertiary/aromatic N) is 2. The van der Waals surface area contributed by atoms with Gasteiger partial charge in [0.15, 0.2) is 0 Å². The summed E-state index contributed by atoms with van der Waals surface area (Å²) in [6.45, 7) is 20.7. The largest absolute Gasteiger partial charge is 0.459 e. The van der Waals surface area contributed by atoms with Crippen LogP contribution in [0.1, 0.15) is 61.0 Å². The molecule has 0 saturated heterocycles. The number of carbonyl (C=O) groups excluding carboxylic acids is 2. The zero-order valence-corrected chi connectivity index (χ0v) is 20.4. The lowest BCUT2D eigenvalue weighted by atomic mass is 9.84. The highest BCUT2D eigenvalue weighted by atomic mass is 16.6. The molecule has 0 bridgehead atoms. The molecule has 0 aromatic heterocycles. The molecule has 0 N–H and O–H groups in total. The molecule has 1 aliphatic heterocycles. The summed E-state index contributed by atoms with van der Waals surface area (Å²) < 4.78 is 10.9. The third kappa shape index (κ3) is 6.82. The van der Waals surface area contributed by atoms with Gasteiger partial charge in [-0.1, -0.05) is 38.6 Å². The average molecular weight is 431 g/mol. The van der Waals surface area contributed by atoms with Crippen molar-refractivity contribution in [2.45, 2.75) is 72.0 Å². The van der Waals surface area contributed by atoms with E-state index in [0.29, 0.717) is 13.1 Å². The van der Waals surface area contributed by atoms with Crippen molar-refractivity contribution in [3.8, 4) is 0 Å². The molecule has 0 spiro atoms. The third-order valence-electron chi connectivity index (χ3n) is 5.10. The van der Waals surface area contributed by atoms with Gasteiger partial charge in [0.1, 0.15) is 11.2 Å². The van der Waals surface area contributed by atoms with Crippen LogP contribution in [0.25, 0.3) is 0 Å². The standard InChI is InChI=1S/C25H38N2O4/c1-18-25(8,9)19-12-10-11-13-20(19)27(18)15-14-26(16-21(28)30-23(2,3)4)17-22(29)31-24(5,6)7/h10-13H,1,14-17H2,2-9H3. The maximum Gasteiger partial charge on any atom is 0.320 e. The van der Waals surface area contributed by atoms with Crippen molar-refractivity contribution in [3.63, 3.8) is 0 Å². The quantitative estimate of drug-likeness (QED) is 0.602. The molecule has 2 rings (SSSR count). The first kappa shape index (κ1) is 24.9. The fraction of sp³-hybridized carbons (Fsp3) is 0.600. The lowest BCUT2D eigenvalue weighted by molar-refractivity contribution is -0.159. The first-order chi connectivity index (χ1) is 14.1. The normalized spacial score (nSPS) is 15.8. The Hall–Kier alpha value is -2.34. The van der Waals surface area contributed by atoms with Crippen LogP contribution in [0, 0.1) is 0 Å². The molecule has 1 aromatic carbocycles. The first-order valence-electron chi connectivity index (χ1n) is 10.8. The molecular weight excluding hydrogens is 392 g/mol. The molecule has 0 fully saturated rings. The van der Waals surface area contributed by atoms with Crippen LogP contribution in [0.3, 0.4) is 0 Å². The number of rotatable bonds is 7. The van der Waals surface area contributed by atoms with E-state index >= 15 is 0 Å². The van der Waals surface area contributed by atoms with E-state index in [1.54, 1.807) is 4.90 Å². The number of allylic oxidation sites excluding steroid dienone is 1. The molecule has 0 radical (unpaired) electrons. The van der Waals surface area contributed by atoms with Gasteiger partial charge in [-0.2, -0.15) is 0 Å². The third-order valence-corrected chi connectivity index (χ3v) is 5.10. The van der Waals surface area contributed by atoms with Gasteiger partial charge in [-0.3, -0.25) is 14.5 Å². The van der Waals surface area contributed by atoms with Crippen molar-refractivity contribution >= 4 is 17.6 Å². The summed E-state index contributed by atoms with van der Waals surface area (Å²) in [5.41, 5.74) is 2.01. The van der Waals surface area contributed by atoms with Gasteiger partial charge >= 0.3 is 11.9 Å². The fourth-order valence-electron chi connectivity index (χ4n) is 3.70. The van der Waals surface area contributed by atoms with Gasteiger partial charge in [-0.25, -0.2) is 0 Å². The molecule has 0 unspecified atom stereocenters. The van der Waals surface area contributed by atoms with E-state index in [0.717, 1.165) is 11.4 Å². The van der Waals surface area contributed by atoms with Gasteiger partial charge in [-0.15, -0.1) is 0 Å². The predicted octanol–water partition coefficient (Wildman–Crippen LogP) is 4.28. The number of benzene rings is 1. The van der Waals surface area contributed by atoms with Gasteiger partial charge < -0.3 is 14.4 Å². The van der Waals surface area contributed by atoms with E-state index < -0.39 is 11.2 Å². The van der Waals surface area contributed by atoms with E-state index in [9.17, 15) is 9.59 Å². The summed E-state index contributed by atoms with van der Waals surface area (Å²) in [6, 6.07) is 8.26. The van der Waals surface area contributed by atoms with Crippen LogP contribution >= 0.6 is 0 Å². The second kappa shape index (κ2) is 9.03. The van der Waals surface area contributed by atoms with Crippen molar-refractivity contribution in [3.05, 3.63) is 42.1 Å². The number of hydrogen-bond donors (Lipinski definition) is 0. The van der Waals surface area contributed by atoms with E-state index in [2.05, 4.69) is 37.5 Å². The summed E-state index contributed by atoms with van der Waals surface area (Å²) in [4.78, 5) is 28.9. The van der Waals surface area contributed by atoms with Crippen LogP contribution in [0.5, 0.6) is 0 Å². The molecule has 0 saturated carbocycles. The lowest BCUT2D eigenvalue weighted by Gasteiger charge is -2.30. The SMILES string of the molecule is C=C1N(CCN(CC(=O)OC(C)(C)C)CC(=O)OC(C)(C)C)c2ccccc2C1(C)C. The van der Waals surface area contributed by atoms with Crippen LogP contribution in [0.15, 0.2) is 36.5 Å². The number of ether oxygens (including phenoxy) is 2. The summed E-state index contributed by atoms with van der Waals surface area (Å²) >= 11 is 0. The van der Waals surface area contributed by atoms with Crippen molar-refractivity contribution in [2.75, 3.05) is 31.1 Å². The van der Waals surface area contributed by atoms with Gasteiger partial charge in [0, 0.05) is 29.9 Å². The monoisotopic (exact) mass is 430 g/mol. The summed E-state index contributed by atoms with van der Waals surface area (Å²) in [6.07, 6.45) is 0. The molecule has 31 heavy (non-hydrogen) atoms. The fourth-order valence-corrected chi connectivity index (χ4v) is 3.70. The predicted molar refractivity (Wildman–Crippen MR) is 124 cm³/mol. The molecule has 0 amide bonds. The number of anilines is 1. The Morgan fingerprint density at radius 3 is 1.94 bits per heavy atom. The van der Waals surface area contributed by atoms with Crippen molar-refractivity contribution in [2.24, 2.45) is 0 Å². The summed E-state index contributed by atoms with van der Waals surface area (Å²) in [5, 5.41) is 0. The smallest absolute Gasteiger partial charge is 0.320 e. The van der Waals surface area contributed by atoms with E-state index in [4.69, 9.17) is 9.47 Å². The van der Waals surface area contributed by atoms with Crippen LogP contribution in [-0.4, -0.2) is 54.2 Å². The Morgan fingerprint density at radius 1 is 0.968 bits per heavy atom. The van der Waals surface area contributed by atoms with E-state index in [1.807, 2.05) is 53.7 Å². The van der Waals surface area contributed by atoms with Crippen LogP contribution in [0.4, 0.5) is 5.69 Å². The minimum Gasteiger partial charge on any atom is -0.459 e. The van der Waals surface area contributed by atoms with Crippen molar-refractivity contribution in [1.82, 2.24) is 4.90 Å². The van der Waals surface area contributed by atoms with Gasteiger partial charge in [0.05, 0.1) is 13.1 Å². The van der Waals surface area contributed by atoms with Gasteiger partial charge in [0.2, 0.25) is 0 Å². The van der Waals surface area contributed by atoms with Crippen LogP contribution in [0.2, 0.25) is 0 Å². The minimum atomic E-state index is -0.582. The Balaban J connectivity index is 2.14. The van der Waals surface area contributed by atoms with Gasteiger partial charge in [0.25, 0.3) is 0 Å². The van der Waals surface area contributed by atoms with Crippen LogP contribution in [-0.2, 0) is 24.5 Å². The molecule has 0 aliphatic carbocycles. The second-order valence-corrected chi connectivity index (χ2v) is 10.6. The second-order valence-electron chi connectivity index (χ2n) is 10.6. The van der Waals surface area contributed by atoms with Gasteiger partial charge in [-0.05, 0) is 53.2 Å². The molecule has 6 nitrogen and oxygen atoms in total. The molecule has 1 aromatic rings. The summed E-state index contributed by atoms with van der Waals surface area (Å²) in [5.74, 6) is -0.728. The first-order valence-corrected chi connectivity index (χ1v) is 10.8. The number of esters is 2. The lowest BCUT2D eigenvalue weighted by Crippen LogP contribution is -2.43. The molecule has 6 heteroatoms. The number of carbonyl (C=O) groups is 2. The highest BCUT2D eigenvalue weighted by Crippen LogP contribution is 2.46. The molecule has 1 aliphatic rings. The maximum absolute atomic E-state index is 12.5. The topological polar surface area (TPSA) is 59.1 Å². The highest BCUT2D eigenvalue weighted by molar-refractivity contribution is 5.75. The zero-order valence-electron chi connectivity index (χ0n) is 20.4. The molecular formula is C25H38N2O4. The number of hydrogen-bond acceptors (Lipinski definition) is 6. The molecule has 172 valence electrons.